The van der Waals surface area contributed by atoms with Crippen LogP contribution in [0.4, 0.5) is 10.1 Å². The maximum Gasteiger partial charge on any atom is 0.222 e. The fraction of sp³-hybridized carbons (Fsp3) is 0.111. The van der Waals surface area contributed by atoms with Crippen molar-refractivity contribution < 1.29 is 9.18 Å². The summed E-state index contributed by atoms with van der Waals surface area (Å²) in [6, 6.07) is 10.8. The Kier molecular flexibility index (Phi) is 3.01. The van der Waals surface area contributed by atoms with Crippen molar-refractivity contribution >= 4 is 28.3 Å². The molecule has 2 N–H and O–H groups in total. The molecule has 0 atom stereocenters. The lowest BCUT2D eigenvalue weighted by Gasteiger charge is -2.03. The summed E-state index contributed by atoms with van der Waals surface area (Å²) in [7, 11) is 0. The van der Waals surface area contributed by atoms with Crippen molar-refractivity contribution in [1.82, 2.24) is 10.3 Å². The zero-order chi connectivity index (χ0) is 16.0. The van der Waals surface area contributed by atoms with Gasteiger partial charge in [0.25, 0.3) is 0 Å². The van der Waals surface area contributed by atoms with Gasteiger partial charge in [-0.25, -0.2) is 9.38 Å². The van der Waals surface area contributed by atoms with Crippen LogP contribution < -0.4 is 5.32 Å². The Labute approximate surface area is 132 Å². The van der Waals surface area contributed by atoms with Crippen LogP contribution in [0.2, 0.25) is 0 Å². The van der Waals surface area contributed by atoms with Crippen molar-refractivity contribution in [3.05, 3.63) is 54.0 Å². The van der Waals surface area contributed by atoms with Crippen LogP contribution in [0.15, 0.2) is 47.6 Å². The fourth-order valence-corrected chi connectivity index (χ4v) is 2.96. The summed E-state index contributed by atoms with van der Waals surface area (Å²) in [6.45, 7) is 1.47. The second-order valence-corrected chi connectivity index (χ2v) is 5.65. The molecule has 1 amide bonds. The average molecular weight is 307 g/mol. The van der Waals surface area contributed by atoms with E-state index in [0.29, 0.717) is 12.3 Å². The number of aromatic amines is 1. The van der Waals surface area contributed by atoms with Gasteiger partial charge in [0, 0.05) is 36.0 Å². The first-order chi connectivity index (χ1) is 11.1. The number of aliphatic imine (C=N–C) groups is 1. The van der Waals surface area contributed by atoms with Gasteiger partial charge in [0.1, 0.15) is 11.7 Å². The van der Waals surface area contributed by atoms with E-state index in [1.165, 1.54) is 19.1 Å². The number of hydrogen-bond acceptors (Lipinski definition) is 2. The highest BCUT2D eigenvalue weighted by Crippen LogP contribution is 2.34. The Bertz CT molecular complexity index is 972. The summed E-state index contributed by atoms with van der Waals surface area (Å²) in [5.74, 6) is 0.297. The molecular weight excluding hydrogens is 293 g/mol. The van der Waals surface area contributed by atoms with Crippen molar-refractivity contribution in [1.29, 1.82) is 0 Å². The number of nitrogens with one attached hydrogen (secondary N) is 2. The van der Waals surface area contributed by atoms with Gasteiger partial charge >= 0.3 is 0 Å². The van der Waals surface area contributed by atoms with Crippen molar-refractivity contribution in [2.75, 3.05) is 0 Å². The van der Waals surface area contributed by atoms with E-state index in [-0.39, 0.29) is 11.7 Å². The van der Waals surface area contributed by atoms with E-state index in [0.717, 1.165) is 33.3 Å². The van der Waals surface area contributed by atoms with Crippen molar-refractivity contribution in [2.24, 2.45) is 4.99 Å². The third-order valence-electron chi connectivity index (χ3n) is 3.97. The van der Waals surface area contributed by atoms with E-state index < -0.39 is 0 Å². The lowest BCUT2D eigenvalue weighted by atomic mass is 10.0. The molecule has 4 rings (SSSR count). The molecule has 0 fully saturated rings. The predicted octanol–water partition coefficient (Wildman–Crippen LogP) is 3.70. The van der Waals surface area contributed by atoms with Crippen molar-refractivity contribution in [3.63, 3.8) is 0 Å². The van der Waals surface area contributed by atoms with Crippen LogP contribution in [0.3, 0.4) is 0 Å². The van der Waals surface area contributed by atoms with Crippen LogP contribution in [-0.2, 0) is 11.2 Å². The molecule has 2 aromatic carbocycles. The van der Waals surface area contributed by atoms with E-state index in [9.17, 15) is 9.18 Å². The third-order valence-corrected chi connectivity index (χ3v) is 3.97. The van der Waals surface area contributed by atoms with Crippen LogP contribution in [0.5, 0.6) is 0 Å². The summed E-state index contributed by atoms with van der Waals surface area (Å²) in [5, 5.41) is 3.71. The summed E-state index contributed by atoms with van der Waals surface area (Å²) in [4.78, 5) is 18.7. The van der Waals surface area contributed by atoms with Crippen LogP contribution in [0.25, 0.3) is 22.0 Å². The topological polar surface area (TPSA) is 57.2 Å². The average Bonchev–Trinajstić information content (AvgIpc) is 3.08. The van der Waals surface area contributed by atoms with Crippen molar-refractivity contribution in [2.45, 2.75) is 13.3 Å². The van der Waals surface area contributed by atoms with Gasteiger partial charge < -0.3 is 10.3 Å². The zero-order valence-corrected chi connectivity index (χ0v) is 12.5. The Morgan fingerprint density at radius 1 is 1.26 bits per heavy atom. The Balaban J connectivity index is 1.76. The molecule has 3 aromatic rings. The molecule has 0 unspecified atom stereocenters. The molecule has 0 saturated carbocycles. The second kappa shape index (κ2) is 5.05. The molecule has 0 aliphatic carbocycles. The molecule has 1 aromatic heterocycles. The number of halogens is 1. The standard InChI is InChI=1S/C18H14FN3O/c1-10(23)21-18-7-12-3-2-11(6-16(12)22-18)15-9-20-17-8-13(19)4-5-14(15)17/h2-6,8-9,20H,7H2,1H3,(H,21,22,23). The van der Waals surface area contributed by atoms with E-state index in [4.69, 9.17) is 0 Å². The molecular formula is C18H14FN3O. The quantitative estimate of drug-likeness (QED) is 0.707. The second-order valence-electron chi connectivity index (χ2n) is 5.65. The molecule has 0 radical (unpaired) electrons. The molecule has 23 heavy (non-hydrogen) atoms. The van der Waals surface area contributed by atoms with Gasteiger partial charge in [0.15, 0.2) is 0 Å². The minimum Gasteiger partial charge on any atom is -0.360 e. The van der Waals surface area contributed by atoms with Crippen LogP contribution in [0.1, 0.15) is 12.5 Å². The highest BCUT2D eigenvalue weighted by atomic mass is 19.1. The monoisotopic (exact) mass is 307 g/mol. The normalized spacial score (nSPS) is 13.0. The molecule has 0 saturated heterocycles. The number of carbonyl (C=O) groups excluding carboxylic acids is 1. The molecule has 0 bridgehead atoms. The van der Waals surface area contributed by atoms with Gasteiger partial charge in [-0.3, -0.25) is 4.79 Å². The van der Waals surface area contributed by atoms with E-state index in [1.807, 2.05) is 24.4 Å². The van der Waals surface area contributed by atoms with Gasteiger partial charge in [-0.1, -0.05) is 12.1 Å². The summed E-state index contributed by atoms with van der Waals surface area (Å²) < 4.78 is 13.3. The third kappa shape index (κ3) is 2.40. The zero-order valence-electron chi connectivity index (χ0n) is 12.5. The molecule has 114 valence electrons. The molecule has 5 heteroatoms. The van der Waals surface area contributed by atoms with Gasteiger partial charge in [-0.05, 0) is 35.4 Å². The van der Waals surface area contributed by atoms with E-state index in [2.05, 4.69) is 15.3 Å². The number of H-pyrrole nitrogens is 1. The molecule has 1 aliphatic heterocycles. The first-order valence-electron chi connectivity index (χ1n) is 7.35. The summed E-state index contributed by atoms with van der Waals surface area (Å²) in [6.07, 6.45) is 2.51. The number of amides is 1. The Morgan fingerprint density at radius 2 is 2.13 bits per heavy atom. The fourth-order valence-electron chi connectivity index (χ4n) is 2.96. The molecule has 0 spiro atoms. The molecule has 1 aliphatic rings. The summed E-state index contributed by atoms with van der Waals surface area (Å²) in [5.41, 5.74) is 4.73. The highest BCUT2D eigenvalue weighted by Gasteiger charge is 2.17. The lowest BCUT2D eigenvalue weighted by molar-refractivity contribution is -0.117. The number of amidine groups is 1. The first-order valence-corrected chi connectivity index (χ1v) is 7.35. The van der Waals surface area contributed by atoms with Gasteiger partial charge in [-0.15, -0.1) is 0 Å². The van der Waals surface area contributed by atoms with Crippen LogP contribution >= 0.6 is 0 Å². The molecule has 4 nitrogen and oxygen atoms in total. The lowest BCUT2D eigenvalue weighted by Crippen LogP contribution is -2.27. The minimum atomic E-state index is -0.260. The number of benzene rings is 2. The van der Waals surface area contributed by atoms with Crippen LogP contribution in [-0.4, -0.2) is 16.7 Å². The molecule has 2 heterocycles. The minimum absolute atomic E-state index is 0.115. The number of nitrogens with zero attached hydrogens (tertiary/aromatic N) is 1. The number of rotatable bonds is 1. The Hall–Kier alpha value is -2.95. The highest BCUT2D eigenvalue weighted by molar-refractivity contribution is 6.03. The van der Waals surface area contributed by atoms with Gasteiger partial charge in [-0.2, -0.15) is 0 Å². The maximum atomic E-state index is 13.3. The predicted molar refractivity (Wildman–Crippen MR) is 88.3 cm³/mol. The number of aromatic nitrogens is 1. The number of fused-ring (bicyclic) bond motifs is 2. The van der Waals surface area contributed by atoms with Crippen molar-refractivity contribution in [3.8, 4) is 11.1 Å². The SMILES string of the molecule is CC(=O)NC1=Nc2cc(-c3c[nH]c4cc(F)ccc34)ccc2C1. The smallest absolute Gasteiger partial charge is 0.222 e. The van der Waals surface area contributed by atoms with E-state index >= 15 is 0 Å². The maximum absolute atomic E-state index is 13.3. The van der Waals surface area contributed by atoms with Crippen LogP contribution in [0, 0.1) is 5.82 Å². The van der Waals surface area contributed by atoms with E-state index in [1.54, 1.807) is 6.07 Å². The van der Waals surface area contributed by atoms with Gasteiger partial charge in [0.05, 0.1) is 5.69 Å². The largest absolute Gasteiger partial charge is 0.360 e. The van der Waals surface area contributed by atoms with Gasteiger partial charge in [0.2, 0.25) is 5.91 Å². The summed E-state index contributed by atoms with van der Waals surface area (Å²) >= 11 is 0. The number of hydrogen-bond donors (Lipinski definition) is 2. The first kappa shape index (κ1) is 13.7. The number of carbonyl (C=O) groups is 1. The Morgan fingerprint density at radius 3 is 2.96 bits per heavy atom.